The maximum atomic E-state index is 6.06. The van der Waals surface area contributed by atoms with E-state index < -0.39 is 0 Å². The molecule has 2 nitrogen and oxygen atoms in total. The van der Waals surface area contributed by atoms with Crippen molar-refractivity contribution in [3.63, 3.8) is 0 Å². The number of anilines is 6. The normalized spacial score (nSPS) is 10.9. The van der Waals surface area contributed by atoms with Crippen LogP contribution in [0.5, 0.6) is 0 Å². The van der Waals surface area contributed by atoms with Crippen LogP contribution < -0.4 is 14.6 Å². The highest BCUT2D eigenvalue weighted by molar-refractivity contribution is 9.11. The Hall–Kier alpha value is -2.32. The van der Waals surface area contributed by atoms with Crippen molar-refractivity contribution in [2.24, 2.45) is 0 Å². The van der Waals surface area contributed by atoms with Crippen molar-refractivity contribution in [1.29, 1.82) is 0 Å². The van der Waals surface area contributed by atoms with E-state index in [9.17, 15) is 0 Å². The van der Waals surface area contributed by atoms with Crippen LogP contribution in [0.2, 0.25) is 0 Å². The van der Waals surface area contributed by atoms with Gasteiger partial charge in [0.25, 0.3) is 0 Å². The quantitative estimate of drug-likeness (QED) is 0.208. The molecule has 0 aliphatic carbocycles. The van der Waals surface area contributed by atoms with Crippen molar-refractivity contribution in [1.82, 2.24) is 0 Å². The van der Waals surface area contributed by atoms with Gasteiger partial charge in [0.05, 0.1) is 8.79 Å². The van der Waals surface area contributed by atoms with E-state index in [1.54, 1.807) is 34.0 Å². The third kappa shape index (κ3) is 4.37. The van der Waals surface area contributed by atoms with Crippen LogP contribution in [0.1, 0.15) is 0 Å². The van der Waals surface area contributed by atoms with Crippen molar-refractivity contribution in [3.8, 4) is 0 Å². The molecule has 0 saturated heterocycles. The zero-order valence-electron chi connectivity index (χ0n) is 16.3. The second-order valence-corrected chi connectivity index (χ2v) is 11.3. The Morgan fingerprint density at radius 2 is 0.968 bits per heavy atom. The summed E-state index contributed by atoms with van der Waals surface area (Å²) in [4.78, 5) is 4.57. The van der Waals surface area contributed by atoms with Crippen LogP contribution in [0.15, 0.2) is 101 Å². The second-order valence-electron chi connectivity index (χ2n) is 6.71. The molecule has 0 aliphatic rings. The molecular weight excluding hydrogens is 503 g/mol. The van der Waals surface area contributed by atoms with Crippen LogP contribution in [0.4, 0.5) is 31.4 Å². The molecule has 7 heteroatoms. The molecule has 5 aromatic rings. The molecule has 0 atom stereocenters. The molecule has 3 aromatic heterocycles. The van der Waals surface area contributed by atoms with E-state index in [1.165, 1.54) is 0 Å². The zero-order chi connectivity index (χ0) is 21.2. The monoisotopic (exact) mass is 518 g/mol. The molecule has 0 aliphatic heterocycles. The van der Waals surface area contributed by atoms with Crippen molar-refractivity contribution >= 4 is 93.9 Å². The first-order valence-electron chi connectivity index (χ1n) is 9.60. The van der Waals surface area contributed by atoms with Gasteiger partial charge >= 0.3 is 0 Å². The Bertz CT molecular complexity index is 1180. The van der Waals surface area contributed by atoms with Crippen LogP contribution in [-0.4, -0.2) is 7.85 Å². The standard InChI is InChI=1S/C24H16BBrN2S3/c25-19-11-13-21(29-19)27(17-7-3-1-4-8-17)23-15-16-24(31-23)28(18-9-5-2-6-10-18)22-14-12-20(26)30-22/h1-16H. The Balaban J connectivity index is 1.60. The van der Waals surface area contributed by atoms with Gasteiger partial charge in [0.2, 0.25) is 0 Å². The number of hydrogen-bond donors (Lipinski definition) is 0. The molecule has 0 saturated carbocycles. The first-order valence-corrected chi connectivity index (χ1v) is 12.8. The Labute approximate surface area is 203 Å². The topological polar surface area (TPSA) is 6.48 Å². The molecule has 2 aromatic carbocycles. The fourth-order valence-electron chi connectivity index (χ4n) is 3.33. The van der Waals surface area contributed by atoms with E-state index in [4.69, 9.17) is 7.85 Å². The molecule has 0 spiro atoms. The van der Waals surface area contributed by atoms with Gasteiger partial charge in [0.15, 0.2) is 0 Å². The van der Waals surface area contributed by atoms with Gasteiger partial charge < -0.3 is 0 Å². The molecule has 3 heterocycles. The number of benzene rings is 2. The maximum absolute atomic E-state index is 6.06. The Kier molecular flexibility index (Phi) is 6.00. The summed E-state index contributed by atoms with van der Waals surface area (Å²) in [5, 5.41) is 4.56. The summed E-state index contributed by atoms with van der Waals surface area (Å²) in [5.74, 6) is 0. The summed E-state index contributed by atoms with van der Waals surface area (Å²) in [5.41, 5.74) is 2.25. The number of para-hydroxylation sites is 2. The maximum Gasteiger partial charge on any atom is 0.128 e. The molecule has 5 rings (SSSR count). The number of halogens is 1. The van der Waals surface area contributed by atoms with Gasteiger partial charge in [-0.2, -0.15) is 0 Å². The predicted octanol–water partition coefficient (Wildman–Crippen LogP) is 8.37. The molecule has 0 fully saturated rings. The number of nitrogens with zero attached hydrogens (tertiary/aromatic N) is 2. The average molecular weight is 519 g/mol. The van der Waals surface area contributed by atoms with Crippen LogP contribution >= 0.6 is 49.9 Å². The first-order chi connectivity index (χ1) is 15.2. The minimum atomic E-state index is 0.807. The molecule has 0 bridgehead atoms. The third-order valence-electron chi connectivity index (χ3n) is 4.66. The minimum Gasteiger partial charge on any atom is -0.293 e. The van der Waals surface area contributed by atoms with E-state index in [0.29, 0.717) is 0 Å². The summed E-state index contributed by atoms with van der Waals surface area (Å²) in [6.45, 7) is 0. The number of rotatable bonds is 6. The van der Waals surface area contributed by atoms with E-state index >= 15 is 0 Å². The summed E-state index contributed by atoms with van der Waals surface area (Å²) < 4.78 is 1.92. The van der Waals surface area contributed by atoms with Crippen LogP contribution in [-0.2, 0) is 0 Å². The lowest BCUT2D eigenvalue weighted by molar-refractivity contribution is 1.35. The van der Waals surface area contributed by atoms with Crippen molar-refractivity contribution in [2.45, 2.75) is 0 Å². The Morgan fingerprint density at radius 1 is 0.516 bits per heavy atom. The molecule has 0 amide bonds. The molecule has 31 heavy (non-hydrogen) atoms. The number of thiophene rings is 3. The van der Waals surface area contributed by atoms with Gasteiger partial charge in [-0.1, -0.05) is 53.8 Å². The van der Waals surface area contributed by atoms with Gasteiger partial charge in [-0.05, 0) is 75.3 Å². The van der Waals surface area contributed by atoms with Crippen LogP contribution in [0, 0.1) is 0 Å². The van der Waals surface area contributed by atoms with E-state index in [0.717, 1.165) is 39.9 Å². The zero-order valence-corrected chi connectivity index (χ0v) is 20.3. The predicted molar refractivity (Wildman–Crippen MR) is 143 cm³/mol. The van der Waals surface area contributed by atoms with Crippen molar-refractivity contribution in [3.05, 3.63) is 101 Å². The van der Waals surface area contributed by atoms with E-state index in [1.807, 2.05) is 18.2 Å². The van der Waals surface area contributed by atoms with Gasteiger partial charge in [0, 0.05) is 11.4 Å². The molecule has 0 N–H and O–H groups in total. The van der Waals surface area contributed by atoms with Gasteiger partial charge in [-0.15, -0.1) is 22.7 Å². The van der Waals surface area contributed by atoms with Gasteiger partial charge in [-0.3, -0.25) is 9.80 Å². The largest absolute Gasteiger partial charge is 0.293 e. The second kappa shape index (κ2) is 9.05. The van der Waals surface area contributed by atoms with Crippen molar-refractivity contribution < 1.29 is 0 Å². The third-order valence-corrected chi connectivity index (χ3v) is 8.22. The molecule has 150 valence electrons. The highest BCUT2D eigenvalue weighted by Gasteiger charge is 2.20. The fourth-order valence-corrected chi connectivity index (χ4v) is 6.72. The lowest BCUT2D eigenvalue weighted by Crippen LogP contribution is -2.07. The number of hydrogen-bond acceptors (Lipinski definition) is 5. The fraction of sp³-hybridized carbons (Fsp3) is 0. The summed E-state index contributed by atoms with van der Waals surface area (Å²) in [6, 6.07) is 33.5. The highest BCUT2D eigenvalue weighted by Crippen LogP contribution is 2.47. The lowest BCUT2D eigenvalue weighted by atomic mass is 10.1. The molecule has 2 radical (unpaired) electrons. The van der Waals surface area contributed by atoms with Crippen LogP contribution in [0.25, 0.3) is 0 Å². The van der Waals surface area contributed by atoms with Crippen molar-refractivity contribution in [2.75, 3.05) is 9.80 Å². The van der Waals surface area contributed by atoms with Gasteiger partial charge in [-0.25, -0.2) is 0 Å². The summed E-state index contributed by atoms with van der Waals surface area (Å²) >= 11 is 8.68. The molecule has 0 unspecified atom stereocenters. The van der Waals surface area contributed by atoms with Gasteiger partial charge in [0.1, 0.15) is 22.8 Å². The highest BCUT2D eigenvalue weighted by atomic mass is 79.9. The molecular formula is C24H16BBrN2S3. The summed E-state index contributed by atoms with van der Waals surface area (Å²) in [7, 11) is 6.06. The Morgan fingerprint density at radius 3 is 1.42 bits per heavy atom. The smallest absolute Gasteiger partial charge is 0.128 e. The average Bonchev–Trinajstić information content (AvgIpc) is 3.53. The first kappa shape index (κ1) is 20.6. The van der Waals surface area contributed by atoms with E-state index in [2.05, 4.69) is 105 Å². The lowest BCUT2D eigenvalue weighted by Gasteiger charge is -2.23. The van der Waals surface area contributed by atoms with E-state index in [-0.39, 0.29) is 0 Å². The van der Waals surface area contributed by atoms with Crippen LogP contribution in [0.3, 0.4) is 0 Å². The minimum absolute atomic E-state index is 0.807. The summed E-state index contributed by atoms with van der Waals surface area (Å²) in [6.07, 6.45) is 0. The SMILES string of the molecule is [B]c1ccc(N(c2ccccc2)c2ccc(N(c3ccccc3)c3ccc(Br)s3)s2)s1.